The molecule has 3 heteroatoms. The van der Waals surface area contributed by atoms with Crippen LogP contribution >= 0.6 is 0 Å². The van der Waals surface area contributed by atoms with Gasteiger partial charge in [0.05, 0.1) is 0 Å². The Morgan fingerprint density at radius 2 is 2.00 bits per heavy atom. The van der Waals surface area contributed by atoms with Gasteiger partial charge in [-0.05, 0) is 0 Å². The van der Waals surface area contributed by atoms with Gasteiger partial charge in [0.2, 0.25) is 0 Å². The van der Waals surface area contributed by atoms with E-state index in [1.807, 2.05) is 0 Å². The summed E-state index contributed by atoms with van der Waals surface area (Å²) >= 11 is 0.414. The van der Waals surface area contributed by atoms with Crippen LogP contribution in [0.25, 0.3) is 0 Å². The average molecular weight is 268 g/mol. The Kier molecular flexibility index (Phi) is 2.96. The van der Waals surface area contributed by atoms with Gasteiger partial charge >= 0.3 is 96.4 Å². The fraction of sp³-hybridized carbons (Fsp3) is 0.417. The molecule has 0 saturated heterocycles. The summed E-state index contributed by atoms with van der Waals surface area (Å²) in [5, 5.41) is 11.0. The fourth-order valence-corrected chi connectivity index (χ4v) is 4.11. The number of hydrogen-bond donors (Lipinski definition) is 1. The third-order valence-electron chi connectivity index (χ3n) is 2.46. The quantitative estimate of drug-likeness (QED) is 0.776. The van der Waals surface area contributed by atoms with Crippen LogP contribution < -0.4 is 0 Å². The molecule has 1 atom stereocenters. The summed E-state index contributed by atoms with van der Waals surface area (Å²) in [5.74, 6) is 0. The van der Waals surface area contributed by atoms with Gasteiger partial charge in [0.15, 0.2) is 0 Å². The van der Waals surface area contributed by atoms with Crippen molar-refractivity contribution in [2.24, 2.45) is 4.99 Å². The van der Waals surface area contributed by atoms with Gasteiger partial charge in [0, 0.05) is 0 Å². The van der Waals surface area contributed by atoms with E-state index in [-0.39, 0.29) is 0 Å². The normalized spacial score (nSPS) is 26.2. The first-order valence-corrected chi connectivity index (χ1v) is 7.16. The van der Waals surface area contributed by atoms with Gasteiger partial charge in [-0.2, -0.15) is 0 Å². The molecule has 80 valence electrons. The van der Waals surface area contributed by atoms with Crippen molar-refractivity contribution in [2.75, 3.05) is 0 Å². The van der Waals surface area contributed by atoms with E-state index in [1.54, 1.807) is 6.92 Å². The van der Waals surface area contributed by atoms with Gasteiger partial charge in [-0.15, -0.1) is 0 Å². The molecule has 0 spiro atoms. The topological polar surface area (TPSA) is 32.6 Å². The van der Waals surface area contributed by atoms with E-state index < -0.39 is 5.72 Å². The first kappa shape index (κ1) is 10.9. The number of aryl methyl sites for hydroxylation is 1. The van der Waals surface area contributed by atoms with E-state index in [1.165, 1.54) is 11.1 Å². The molecule has 15 heavy (non-hydrogen) atoms. The zero-order chi connectivity index (χ0) is 10.9. The number of aliphatic hydroxyl groups is 1. The van der Waals surface area contributed by atoms with Crippen LogP contribution in [0.5, 0.6) is 0 Å². The molecule has 1 N–H and O–H groups in total. The van der Waals surface area contributed by atoms with Crippen LogP contribution in [0.2, 0.25) is 5.32 Å². The Bertz CT molecular complexity index is 381. The predicted molar refractivity (Wildman–Crippen MR) is 63.5 cm³/mol. The van der Waals surface area contributed by atoms with Crippen LogP contribution in [-0.2, 0) is 0 Å². The van der Waals surface area contributed by atoms with Gasteiger partial charge in [-0.25, -0.2) is 0 Å². The summed E-state index contributed by atoms with van der Waals surface area (Å²) in [4.78, 5) is 4.41. The Morgan fingerprint density at radius 3 is 2.60 bits per heavy atom. The summed E-state index contributed by atoms with van der Waals surface area (Å²) in [5.41, 5.74) is 1.58. The molecule has 0 radical (unpaired) electrons. The maximum atomic E-state index is 9.88. The van der Waals surface area contributed by atoms with Crippen molar-refractivity contribution in [3.63, 3.8) is 0 Å². The van der Waals surface area contributed by atoms with Gasteiger partial charge in [-0.1, -0.05) is 0 Å². The fourth-order valence-electron chi connectivity index (χ4n) is 1.49. The summed E-state index contributed by atoms with van der Waals surface area (Å²) in [6, 6.07) is 8.38. The summed E-state index contributed by atoms with van der Waals surface area (Å²) < 4.78 is 1.10. The van der Waals surface area contributed by atoms with Crippen LogP contribution in [0.4, 0.5) is 0 Å². The summed E-state index contributed by atoms with van der Waals surface area (Å²) in [6.07, 6.45) is 0.794. The second-order valence-electron chi connectivity index (χ2n) is 4.10. The van der Waals surface area contributed by atoms with Crippen molar-refractivity contribution in [2.45, 2.75) is 31.3 Å². The van der Waals surface area contributed by atoms with Crippen LogP contribution in [0.1, 0.15) is 24.5 Å². The summed E-state index contributed by atoms with van der Waals surface area (Å²) in [7, 11) is 0. The zero-order valence-electron chi connectivity index (χ0n) is 9.03. The van der Waals surface area contributed by atoms with Gasteiger partial charge in [0.1, 0.15) is 0 Å². The number of nitrogens with zero attached hydrogens (tertiary/aromatic N) is 1. The predicted octanol–water partition coefficient (Wildman–Crippen LogP) is 1.98. The van der Waals surface area contributed by atoms with E-state index >= 15 is 0 Å². The van der Waals surface area contributed by atoms with Crippen molar-refractivity contribution >= 4 is 19.6 Å². The van der Waals surface area contributed by atoms with Gasteiger partial charge < -0.3 is 0 Å². The SMILES string of the molecule is Cc1ccc(C2=NC(C)(O)CC[Se]2)cc1. The van der Waals surface area contributed by atoms with Crippen molar-refractivity contribution < 1.29 is 5.11 Å². The summed E-state index contributed by atoms with van der Waals surface area (Å²) in [6.45, 7) is 3.87. The first-order chi connectivity index (χ1) is 7.07. The Hall–Kier alpha value is -0.631. The molecule has 1 aliphatic heterocycles. The number of aliphatic imine (C=N–C) groups is 1. The molecule has 1 aromatic carbocycles. The molecule has 1 heterocycles. The van der Waals surface area contributed by atoms with E-state index in [0.717, 1.165) is 16.4 Å². The van der Waals surface area contributed by atoms with Crippen LogP contribution in [0.15, 0.2) is 29.3 Å². The van der Waals surface area contributed by atoms with Crippen molar-refractivity contribution in [3.05, 3.63) is 35.4 Å². The number of rotatable bonds is 1. The Labute approximate surface area is 96.6 Å². The van der Waals surface area contributed by atoms with E-state index in [9.17, 15) is 5.11 Å². The molecule has 2 rings (SSSR count). The van der Waals surface area contributed by atoms with E-state index in [0.29, 0.717) is 15.0 Å². The molecule has 2 nitrogen and oxygen atoms in total. The van der Waals surface area contributed by atoms with E-state index in [4.69, 9.17) is 0 Å². The van der Waals surface area contributed by atoms with Crippen molar-refractivity contribution in [3.8, 4) is 0 Å². The standard InChI is InChI=1S/C12H15NOSe/c1-9-3-5-10(6-4-9)11-13-12(2,14)7-8-15-11/h3-6,14H,7-8H2,1-2H3. The van der Waals surface area contributed by atoms with Crippen molar-refractivity contribution in [1.82, 2.24) is 0 Å². The average Bonchev–Trinajstić information content (AvgIpc) is 2.17. The Morgan fingerprint density at radius 1 is 1.33 bits per heavy atom. The third kappa shape index (κ3) is 2.69. The van der Waals surface area contributed by atoms with Gasteiger partial charge in [-0.3, -0.25) is 0 Å². The first-order valence-electron chi connectivity index (χ1n) is 5.09. The second kappa shape index (κ2) is 4.09. The van der Waals surface area contributed by atoms with Crippen LogP contribution in [0, 0.1) is 6.92 Å². The van der Waals surface area contributed by atoms with E-state index in [2.05, 4.69) is 36.2 Å². The molecule has 1 aliphatic rings. The maximum absolute atomic E-state index is 9.88. The zero-order valence-corrected chi connectivity index (χ0v) is 10.7. The molecule has 0 amide bonds. The number of benzene rings is 1. The molecule has 0 aromatic heterocycles. The minimum absolute atomic E-state index is 0.414. The molecule has 0 fully saturated rings. The van der Waals surface area contributed by atoms with Crippen LogP contribution in [-0.4, -0.2) is 30.4 Å². The minimum atomic E-state index is -0.847. The van der Waals surface area contributed by atoms with Gasteiger partial charge in [0.25, 0.3) is 0 Å². The Balaban J connectivity index is 2.31. The molecular formula is C12H15NOSe. The molecular weight excluding hydrogens is 253 g/mol. The number of hydrogen-bond acceptors (Lipinski definition) is 2. The van der Waals surface area contributed by atoms with Crippen molar-refractivity contribution in [1.29, 1.82) is 0 Å². The van der Waals surface area contributed by atoms with Crippen LogP contribution in [0.3, 0.4) is 0 Å². The molecule has 1 unspecified atom stereocenters. The third-order valence-corrected chi connectivity index (χ3v) is 4.57. The molecule has 0 aliphatic carbocycles. The monoisotopic (exact) mass is 269 g/mol. The second-order valence-corrected chi connectivity index (χ2v) is 6.37. The molecule has 0 bridgehead atoms. The molecule has 1 aromatic rings. The molecule has 0 saturated carbocycles.